The summed E-state index contributed by atoms with van der Waals surface area (Å²) in [7, 11) is 0. The molecule has 0 atom stereocenters. The molecule has 0 aliphatic rings. The van der Waals surface area contributed by atoms with Crippen molar-refractivity contribution < 1.29 is 0 Å². The Hall–Kier alpha value is -1.11. The van der Waals surface area contributed by atoms with E-state index in [1.54, 1.807) is 0 Å². The van der Waals surface area contributed by atoms with Gasteiger partial charge >= 0.3 is 0 Å². The summed E-state index contributed by atoms with van der Waals surface area (Å²) in [5.41, 5.74) is 2.42. The highest BCUT2D eigenvalue weighted by Crippen LogP contribution is 2.23. The van der Waals surface area contributed by atoms with Gasteiger partial charge in [-0.3, -0.25) is 4.98 Å². The van der Waals surface area contributed by atoms with Gasteiger partial charge in [-0.15, -0.1) is 0 Å². The molecular formula is C12H17N. The Labute approximate surface area is 80.5 Å². The Bertz CT molecular complexity index is 293. The average Bonchev–Trinajstić information content (AvgIpc) is 2.05. The van der Waals surface area contributed by atoms with Crippen molar-refractivity contribution in [3.63, 3.8) is 0 Å². The van der Waals surface area contributed by atoms with E-state index in [4.69, 9.17) is 0 Å². The minimum absolute atomic E-state index is 0.0927. The number of aromatic nitrogens is 1. The molecule has 0 unspecified atom stereocenters. The number of rotatable bonds is 2. The molecular weight excluding hydrogens is 158 g/mol. The zero-order valence-electron chi connectivity index (χ0n) is 8.83. The fourth-order valence-electron chi connectivity index (χ4n) is 1.36. The van der Waals surface area contributed by atoms with Crippen LogP contribution in [0.1, 0.15) is 32.0 Å². The Morgan fingerprint density at radius 1 is 1.31 bits per heavy atom. The molecule has 13 heavy (non-hydrogen) atoms. The van der Waals surface area contributed by atoms with Crippen molar-refractivity contribution >= 4 is 0 Å². The van der Waals surface area contributed by atoms with Crippen LogP contribution in [0.2, 0.25) is 0 Å². The SMILES string of the molecule is C/C=C\C(C)(C)c1ccc(C)nc1. The quantitative estimate of drug-likeness (QED) is 0.629. The van der Waals surface area contributed by atoms with Crippen LogP contribution in [-0.4, -0.2) is 4.98 Å². The second-order valence-corrected chi connectivity index (χ2v) is 3.91. The molecule has 0 saturated carbocycles. The summed E-state index contributed by atoms with van der Waals surface area (Å²) < 4.78 is 0. The third-order valence-electron chi connectivity index (χ3n) is 2.24. The first-order valence-electron chi connectivity index (χ1n) is 4.63. The van der Waals surface area contributed by atoms with Crippen LogP contribution in [0.4, 0.5) is 0 Å². The molecule has 1 aromatic heterocycles. The Balaban J connectivity index is 3.00. The summed E-state index contributed by atoms with van der Waals surface area (Å²) in [4.78, 5) is 4.29. The standard InChI is InChI=1S/C12H17N/c1-5-8-12(3,4)11-7-6-10(2)13-9-11/h5-9H,1-4H3/b8-5-. The maximum absolute atomic E-state index is 4.29. The Kier molecular flexibility index (Phi) is 2.86. The first-order chi connectivity index (χ1) is 6.06. The van der Waals surface area contributed by atoms with Crippen molar-refractivity contribution in [2.45, 2.75) is 33.1 Å². The molecule has 0 radical (unpaired) electrons. The van der Waals surface area contributed by atoms with Crippen LogP contribution >= 0.6 is 0 Å². The van der Waals surface area contributed by atoms with E-state index in [0.717, 1.165) is 5.69 Å². The third kappa shape index (κ3) is 2.41. The number of allylic oxidation sites excluding steroid dienone is 2. The maximum Gasteiger partial charge on any atom is 0.0372 e. The van der Waals surface area contributed by atoms with Crippen LogP contribution in [0.3, 0.4) is 0 Å². The summed E-state index contributed by atoms with van der Waals surface area (Å²) in [6, 6.07) is 4.20. The highest BCUT2D eigenvalue weighted by atomic mass is 14.7. The Morgan fingerprint density at radius 2 is 2.00 bits per heavy atom. The number of hydrogen-bond acceptors (Lipinski definition) is 1. The average molecular weight is 175 g/mol. The largest absolute Gasteiger partial charge is 0.261 e. The van der Waals surface area contributed by atoms with Crippen LogP contribution in [-0.2, 0) is 5.41 Å². The van der Waals surface area contributed by atoms with Crippen molar-refractivity contribution in [2.24, 2.45) is 0 Å². The minimum Gasteiger partial charge on any atom is -0.261 e. The van der Waals surface area contributed by atoms with E-state index < -0.39 is 0 Å². The fourth-order valence-corrected chi connectivity index (χ4v) is 1.36. The molecule has 1 nitrogen and oxygen atoms in total. The third-order valence-corrected chi connectivity index (χ3v) is 2.24. The lowest BCUT2D eigenvalue weighted by Gasteiger charge is -2.20. The van der Waals surface area contributed by atoms with Gasteiger partial charge < -0.3 is 0 Å². The maximum atomic E-state index is 4.29. The van der Waals surface area contributed by atoms with Gasteiger partial charge in [0.15, 0.2) is 0 Å². The molecule has 0 saturated heterocycles. The van der Waals surface area contributed by atoms with E-state index in [-0.39, 0.29) is 5.41 Å². The molecule has 0 aliphatic carbocycles. The summed E-state index contributed by atoms with van der Waals surface area (Å²) in [5, 5.41) is 0. The van der Waals surface area contributed by atoms with Crippen molar-refractivity contribution in [1.82, 2.24) is 4.98 Å². The molecule has 0 amide bonds. The van der Waals surface area contributed by atoms with Gasteiger partial charge in [-0.1, -0.05) is 32.1 Å². The minimum atomic E-state index is 0.0927. The first-order valence-corrected chi connectivity index (χ1v) is 4.63. The number of nitrogens with zero attached hydrogens (tertiary/aromatic N) is 1. The lowest BCUT2D eigenvalue weighted by molar-refractivity contribution is 0.664. The van der Waals surface area contributed by atoms with E-state index in [1.165, 1.54) is 5.56 Å². The predicted octanol–water partition coefficient (Wildman–Crippen LogP) is 3.24. The van der Waals surface area contributed by atoms with Gasteiger partial charge in [0.1, 0.15) is 0 Å². The molecule has 1 heterocycles. The van der Waals surface area contributed by atoms with E-state index >= 15 is 0 Å². The van der Waals surface area contributed by atoms with Crippen molar-refractivity contribution in [2.75, 3.05) is 0 Å². The normalized spacial score (nSPS) is 12.3. The predicted molar refractivity (Wildman–Crippen MR) is 56.8 cm³/mol. The lowest BCUT2D eigenvalue weighted by atomic mass is 9.85. The smallest absolute Gasteiger partial charge is 0.0372 e. The van der Waals surface area contributed by atoms with Crippen LogP contribution in [0, 0.1) is 6.92 Å². The van der Waals surface area contributed by atoms with E-state index in [9.17, 15) is 0 Å². The molecule has 1 heteroatoms. The van der Waals surface area contributed by atoms with E-state index in [1.807, 2.05) is 20.0 Å². The molecule has 0 bridgehead atoms. The van der Waals surface area contributed by atoms with Gasteiger partial charge in [-0.25, -0.2) is 0 Å². The van der Waals surface area contributed by atoms with Gasteiger partial charge in [0, 0.05) is 17.3 Å². The lowest BCUT2D eigenvalue weighted by Crippen LogP contribution is -2.13. The second-order valence-electron chi connectivity index (χ2n) is 3.91. The van der Waals surface area contributed by atoms with Crippen LogP contribution < -0.4 is 0 Å². The molecule has 0 spiro atoms. The molecule has 1 rings (SSSR count). The highest BCUT2D eigenvalue weighted by Gasteiger charge is 2.16. The fraction of sp³-hybridized carbons (Fsp3) is 0.417. The van der Waals surface area contributed by atoms with Crippen LogP contribution in [0.5, 0.6) is 0 Å². The van der Waals surface area contributed by atoms with Crippen molar-refractivity contribution in [1.29, 1.82) is 0 Å². The zero-order valence-corrected chi connectivity index (χ0v) is 8.83. The van der Waals surface area contributed by atoms with Gasteiger partial charge in [0.05, 0.1) is 0 Å². The molecule has 1 aromatic rings. The first kappa shape index (κ1) is 9.97. The number of hydrogen-bond donors (Lipinski definition) is 0. The van der Waals surface area contributed by atoms with Gasteiger partial charge in [0.2, 0.25) is 0 Å². The number of pyridine rings is 1. The van der Waals surface area contributed by atoms with E-state index in [2.05, 4.69) is 43.1 Å². The highest BCUT2D eigenvalue weighted by molar-refractivity contribution is 5.26. The summed E-state index contributed by atoms with van der Waals surface area (Å²) in [6.45, 7) is 8.44. The topological polar surface area (TPSA) is 12.9 Å². The summed E-state index contributed by atoms with van der Waals surface area (Å²) in [5.74, 6) is 0. The zero-order chi connectivity index (χ0) is 9.90. The molecule has 0 aliphatic heterocycles. The van der Waals surface area contributed by atoms with Crippen molar-refractivity contribution in [3.05, 3.63) is 41.7 Å². The van der Waals surface area contributed by atoms with Crippen molar-refractivity contribution in [3.8, 4) is 0 Å². The summed E-state index contributed by atoms with van der Waals surface area (Å²) >= 11 is 0. The molecule has 0 fully saturated rings. The van der Waals surface area contributed by atoms with Gasteiger partial charge in [0.25, 0.3) is 0 Å². The second kappa shape index (κ2) is 3.73. The number of aryl methyl sites for hydroxylation is 1. The van der Waals surface area contributed by atoms with Crippen LogP contribution in [0.25, 0.3) is 0 Å². The molecule has 70 valence electrons. The van der Waals surface area contributed by atoms with Gasteiger partial charge in [-0.05, 0) is 25.5 Å². The van der Waals surface area contributed by atoms with E-state index in [0.29, 0.717) is 0 Å². The Morgan fingerprint density at radius 3 is 2.46 bits per heavy atom. The monoisotopic (exact) mass is 175 g/mol. The van der Waals surface area contributed by atoms with Gasteiger partial charge in [-0.2, -0.15) is 0 Å². The molecule has 0 aromatic carbocycles. The molecule has 0 N–H and O–H groups in total. The summed E-state index contributed by atoms with van der Waals surface area (Å²) in [6.07, 6.45) is 6.23. The van der Waals surface area contributed by atoms with Crippen LogP contribution in [0.15, 0.2) is 30.5 Å².